The van der Waals surface area contributed by atoms with Gasteiger partial charge >= 0.3 is 0 Å². The van der Waals surface area contributed by atoms with Crippen LogP contribution in [0.3, 0.4) is 0 Å². The SMILES string of the molecule is CC(C)NC(N)=NCc1ccccc1N1CCOCC1. The van der Waals surface area contributed by atoms with E-state index >= 15 is 0 Å². The van der Waals surface area contributed by atoms with Gasteiger partial charge in [0.05, 0.1) is 19.8 Å². The quantitative estimate of drug-likeness (QED) is 0.643. The van der Waals surface area contributed by atoms with Gasteiger partial charge in [0.1, 0.15) is 0 Å². The molecule has 2 rings (SSSR count). The van der Waals surface area contributed by atoms with Crippen LogP contribution < -0.4 is 16.0 Å². The summed E-state index contributed by atoms with van der Waals surface area (Å²) in [7, 11) is 0. The lowest BCUT2D eigenvalue weighted by Crippen LogP contribution is -2.37. The summed E-state index contributed by atoms with van der Waals surface area (Å²) in [5, 5.41) is 3.11. The molecule has 0 radical (unpaired) electrons. The van der Waals surface area contributed by atoms with Crippen LogP contribution in [-0.2, 0) is 11.3 Å². The molecule has 20 heavy (non-hydrogen) atoms. The highest BCUT2D eigenvalue weighted by Gasteiger charge is 2.13. The fraction of sp³-hybridized carbons (Fsp3) is 0.533. The number of benzene rings is 1. The van der Waals surface area contributed by atoms with Crippen LogP contribution in [-0.4, -0.2) is 38.3 Å². The molecule has 0 amide bonds. The average molecular weight is 276 g/mol. The molecule has 0 unspecified atom stereocenters. The topological polar surface area (TPSA) is 62.9 Å². The fourth-order valence-electron chi connectivity index (χ4n) is 2.27. The van der Waals surface area contributed by atoms with Crippen LogP contribution in [0.5, 0.6) is 0 Å². The van der Waals surface area contributed by atoms with E-state index in [1.165, 1.54) is 11.3 Å². The Hall–Kier alpha value is -1.75. The summed E-state index contributed by atoms with van der Waals surface area (Å²) >= 11 is 0. The van der Waals surface area contributed by atoms with E-state index in [2.05, 4.69) is 33.4 Å². The molecule has 1 aromatic carbocycles. The number of ether oxygens (including phenoxy) is 1. The minimum absolute atomic E-state index is 0.299. The highest BCUT2D eigenvalue weighted by molar-refractivity contribution is 5.78. The zero-order valence-corrected chi connectivity index (χ0v) is 12.3. The number of aliphatic imine (C=N–C) groups is 1. The zero-order valence-electron chi connectivity index (χ0n) is 12.3. The number of nitrogens with zero attached hydrogens (tertiary/aromatic N) is 2. The standard InChI is InChI=1S/C15H24N4O/c1-12(2)18-15(16)17-11-13-5-3-4-6-14(13)19-7-9-20-10-8-19/h3-6,12H,7-11H2,1-2H3,(H3,16,17,18). The summed E-state index contributed by atoms with van der Waals surface area (Å²) in [5.41, 5.74) is 8.29. The summed E-state index contributed by atoms with van der Waals surface area (Å²) in [5.74, 6) is 0.497. The summed E-state index contributed by atoms with van der Waals surface area (Å²) in [6.07, 6.45) is 0. The van der Waals surface area contributed by atoms with Crippen LogP contribution in [0, 0.1) is 0 Å². The van der Waals surface area contributed by atoms with Crippen molar-refractivity contribution in [2.45, 2.75) is 26.4 Å². The van der Waals surface area contributed by atoms with Gasteiger partial charge in [-0.1, -0.05) is 18.2 Å². The molecule has 3 N–H and O–H groups in total. The second kappa shape index (κ2) is 7.14. The first-order valence-electron chi connectivity index (χ1n) is 7.14. The molecular formula is C15H24N4O. The van der Waals surface area contributed by atoms with Crippen LogP contribution in [0.25, 0.3) is 0 Å². The Morgan fingerprint density at radius 3 is 2.75 bits per heavy atom. The van der Waals surface area contributed by atoms with Crippen molar-refractivity contribution in [3.63, 3.8) is 0 Å². The second-order valence-electron chi connectivity index (χ2n) is 5.23. The highest BCUT2D eigenvalue weighted by Crippen LogP contribution is 2.22. The number of rotatable bonds is 4. The Morgan fingerprint density at radius 1 is 1.35 bits per heavy atom. The molecule has 1 aliphatic heterocycles. The van der Waals surface area contributed by atoms with Crippen molar-refractivity contribution in [3.05, 3.63) is 29.8 Å². The van der Waals surface area contributed by atoms with E-state index in [1.807, 2.05) is 19.9 Å². The van der Waals surface area contributed by atoms with Crippen molar-refractivity contribution >= 4 is 11.6 Å². The molecule has 5 nitrogen and oxygen atoms in total. The Labute approximate surface area is 120 Å². The highest BCUT2D eigenvalue weighted by atomic mass is 16.5. The third kappa shape index (κ3) is 4.13. The van der Waals surface area contributed by atoms with E-state index < -0.39 is 0 Å². The second-order valence-corrected chi connectivity index (χ2v) is 5.23. The van der Waals surface area contributed by atoms with Gasteiger partial charge in [0.2, 0.25) is 0 Å². The number of anilines is 1. The molecule has 5 heteroatoms. The minimum atomic E-state index is 0.299. The predicted octanol–water partition coefficient (Wildman–Crippen LogP) is 1.34. The average Bonchev–Trinajstić information content (AvgIpc) is 2.46. The summed E-state index contributed by atoms with van der Waals surface area (Å²) in [6, 6.07) is 8.65. The van der Waals surface area contributed by atoms with Crippen molar-refractivity contribution < 1.29 is 4.74 Å². The fourth-order valence-corrected chi connectivity index (χ4v) is 2.27. The van der Waals surface area contributed by atoms with Gasteiger partial charge in [0.15, 0.2) is 5.96 Å². The van der Waals surface area contributed by atoms with Gasteiger partial charge < -0.3 is 20.7 Å². The largest absolute Gasteiger partial charge is 0.378 e. The molecule has 0 saturated carbocycles. The normalized spacial score (nSPS) is 16.6. The lowest BCUT2D eigenvalue weighted by molar-refractivity contribution is 0.122. The molecule has 1 aliphatic rings. The number of nitrogens with two attached hydrogens (primary N) is 1. The number of hydrogen-bond acceptors (Lipinski definition) is 3. The molecule has 0 aliphatic carbocycles. The number of guanidine groups is 1. The van der Waals surface area contributed by atoms with E-state index in [0.717, 1.165) is 26.3 Å². The Kier molecular flexibility index (Phi) is 5.24. The van der Waals surface area contributed by atoms with Crippen molar-refractivity contribution in [3.8, 4) is 0 Å². The monoisotopic (exact) mass is 276 g/mol. The molecule has 1 saturated heterocycles. The summed E-state index contributed by atoms with van der Waals surface area (Å²) in [4.78, 5) is 6.76. The third-order valence-electron chi connectivity index (χ3n) is 3.20. The Bertz CT molecular complexity index is 453. The lowest BCUT2D eigenvalue weighted by Gasteiger charge is -2.30. The van der Waals surface area contributed by atoms with Gasteiger partial charge in [-0.25, -0.2) is 4.99 Å². The van der Waals surface area contributed by atoms with Gasteiger partial charge in [-0.05, 0) is 25.5 Å². The van der Waals surface area contributed by atoms with Gasteiger partial charge in [0, 0.05) is 24.8 Å². The van der Waals surface area contributed by atoms with Crippen LogP contribution >= 0.6 is 0 Å². The van der Waals surface area contributed by atoms with Crippen LogP contribution in [0.1, 0.15) is 19.4 Å². The van der Waals surface area contributed by atoms with Crippen LogP contribution in [0.2, 0.25) is 0 Å². The number of morpholine rings is 1. The van der Waals surface area contributed by atoms with Crippen molar-refractivity contribution in [1.82, 2.24) is 5.32 Å². The molecular weight excluding hydrogens is 252 g/mol. The predicted molar refractivity (Wildman–Crippen MR) is 83.1 cm³/mol. The van der Waals surface area contributed by atoms with Gasteiger partial charge in [-0.2, -0.15) is 0 Å². The maximum atomic E-state index is 5.86. The molecule has 1 heterocycles. The van der Waals surface area contributed by atoms with Gasteiger partial charge in [0.25, 0.3) is 0 Å². The van der Waals surface area contributed by atoms with Crippen molar-refractivity contribution in [2.24, 2.45) is 10.7 Å². The summed E-state index contributed by atoms with van der Waals surface area (Å²) < 4.78 is 5.40. The molecule has 1 fully saturated rings. The number of para-hydroxylation sites is 1. The van der Waals surface area contributed by atoms with Gasteiger partial charge in [-0.3, -0.25) is 0 Å². The first kappa shape index (κ1) is 14.7. The van der Waals surface area contributed by atoms with E-state index in [0.29, 0.717) is 18.5 Å². The molecule has 0 spiro atoms. The maximum Gasteiger partial charge on any atom is 0.189 e. The summed E-state index contributed by atoms with van der Waals surface area (Å²) in [6.45, 7) is 8.12. The Morgan fingerprint density at radius 2 is 2.05 bits per heavy atom. The number of nitrogens with one attached hydrogen (secondary N) is 1. The molecule has 0 atom stereocenters. The molecule has 110 valence electrons. The van der Waals surface area contributed by atoms with E-state index in [9.17, 15) is 0 Å². The first-order valence-corrected chi connectivity index (χ1v) is 7.14. The first-order chi connectivity index (χ1) is 9.66. The van der Waals surface area contributed by atoms with Crippen molar-refractivity contribution in [1.29, 1.82) is 0 Å². The third-order valence-corrected chi connectivity index (χ3v) is 3.20. The zero-order chi connectivity index (χ0) is 14.4. The maximum absolute atomic E-state index is 5.86. The number of hydrogen-bond donors (Lipinski definition) is 2. The van der Waals surface area contributed by atoms with Crippen LogP contribution in [0.4, 0.5) is 5.69 Å². The molecule has 0 bridgehead atoms. The minimum Gasteiger partial charge on any atom is -0.378 e. The lowest BCUT2D eigenvalue weighted by atomic mass is 10.1. The van der Waals surface area contributed by atoms with E-state index in [1.54, 1.807) is 0 Å². The van der Waals surface area contributed by atoms with Gasteiger partial charge in [-0.15, -0.1) is 0 Å². The van der Waals surface area contributed by atoms with E-state index in [4.69, 9.17) is 10.5 Å². The van der Waals surface area contributed by atoms with Crippen LogP contribution in [0.15, 0.2) is 29.3 Å². The molecule has 1 aromatic rings. The Balaban J connectivity index is 2.07. The smallest absolute Gasteiger partial charge is 0.189 e. The molecule has 0 aromatic heterocycles. The van der Waals surface area contributed by atoms with E-state index in [-0.39, 0.29) is 0 Å². The van der Waals surface area contributed by atoms with Crippen molar-refractivity contribution in [2.75, 3.05) is 31.2 Å².